The van der Waals surface area contributed by atoms with E-state index in [4.69, 9.17) is 11.6 Å². The van der Waals surface area contributed by atoms with Gasteiger partial charge in [-0.1, -0.05) is 23.7 Å². The van der Waals surface area contributed by atoms with Gasteiger partial charge in [0.2, 0.25) is 0 Å². The monoisotopic (exact) mass is 422 g/mol. The summed E-state index contributed by atoms with van der Waals surface area (Å²) in [6, 6.07) is 6.02. The quantitative estimate of drug-likeness (QED) is 0.670. The van der Waals surface area contributed by atoms with Crippen molar-refractivity contribution < 1.29 is 12.8 Å². The van der Waals surface area contributed by atoms with E-state index in [0.29, 0.717) is 16.7 Å². The molecule has 0 atom stereocenters. The molecule has 1 aromatic heterocycles. The van der Waals surface area contributed by atoms with Crippen molar-refractivity contribution in [3.63, 3.8) is 0 Å². The second-order valence-corrected chi connectivity index (χ2v) is 8.72. The standard InChI is InChI=1S/C19H20ClFN4O2S/c1-11-7-12(2)14(4)18(13(11)3)28(26,27)24-19-22-10-25(23-19)9-15-5-6-16(21)8-17(15)20/h5-8,10H,9H2,1-4H3,(H,23,24). The van der Waals surface area contributed by atoms with Gasteiger partial charge in [0.1, 0.15) is 12.1 Å². The molecule has 9 heteroatoms. The molecule has 6 nitrogen and oxygen atoms in total. The lowest BCUT2D eigenvalue weighted by Crippen LogP contribution is -2.18. The topological polar surface area (TPSA) is 76.9 Å². The zero-order valence-electron chi connectivity index (χ0n) is 15.9. The van der Waals surface area contributed by atoms with Crippen LogP contribution in [-0.2, 0) is 16.6 Å². The Balaban J connectivity index is 1.87. The van der Waals surface area contributed by atoms with E-state index in [0.717, 1.165) is 11.1 Å². The summed E-state index contributed by atoms with van der Waals surface area (Å²) in [4.78, 5) is 4.26. The molecule has 0 amide bonds. The molecule has 0 aliphatic carbocycles. The van der Waals surface area contributed by atoms with Crippen LogP contribution in [0, 0.1) is 33.5 Å². The first-order chi connectivity index (χ1) is 13.1. The Labute approximate surface area is 168 Å². The van der Waals surface area contributed by atoms with Crippen LogP contribution >= 0.6 is 11.6 Å². The summed E-state index contributed by atoms with van der Waals surface area (Å²) in [6.07, 6.45) is 1.39. The van der Waals surface area contributed by atoms with Crippen molar-refractivity contribution in [1.29, 1.82) is 0 Å². The number of halogens is 2. The number of aromatic nitrogens is 3. The van der Waals surface area contributed by atoms with E-state index in [1.807, 2.05) is 19.9 Å². The van der Waals surface area contributed by atoms with Gasteiger partial charge >= 0.3 is 0 Å². The SMILES string of the molecule is Cc1cc(C)c(C)c(S(=O)(=O)Nc2ncn(Cc3ccc(F)cc3Cl)n2)c1C. The Morgan fingerprint density at radius 2 is 1.75 bits per heavy atom. The molecule has 28 heavy (non-hydrogen) atoms. The number of hydrogen-bond donors (Lipinski definition) is 1. The Bertz CT molecular complexity index is 1130. The number of sulfonamides is 1. The Morgan fingerprint density at radius 1 is 1.11 bits per heavy atom. The third kappa shape index (κ3) is 4.02. The third-order valence-electron chi connectivity index (χ3n) is 4.68. The van der Waals surface area contributed by atoms with Crippen molar-refractivity contribution in [3.8, 4) is 0 Å². The largest absolute Gasteiger partial charge is 0.264 e. The predicted molar refractivity (Wildman–Crippen MR) is 107 cm³/mol. The number of benzene rings is 2. The fourth-order valence-corrected chi connectivity index (χ4v) is 4.79. The lowest BCUT2D eigenvalue weighted by atomic mass is 10.0. The van der Waals surface area contributed by atoms with Crippen LogP contribution in [0.4, 0.5) is 10.3 Å². The molecule has 1 heterocycles. The van der Waals surface area contributed by atoms with Crippen LogP contribution in [0.1, 0.15) is 27.8 Å². The van der Waals surface area contributed by atoms with Crippen molar-refractivity contribution in [2.24, 2.45) is 0 Å². The molecule has 0 bridgehead atoms. The molecular formula is C19H20ClFN4O2S. The lowest BCUT2D eigenvalue weighted by Gasteiger charge is -2.15. The summed E-state index contributed by atoms with van der Waals surface area (Å²) in [5.74, 6) is -0.476. The highest BCUT2D eigenvalue weighted by Gasteiger charge is 2.23. The van der Waals surface area contributed by atoms with E-state index in [-0.39, 0.29) is 22.4 Å². The van der Waals surface area contributed by atoms with Crippen molar-refractivity contribution in [2.75, 3.05) is 4.72 Å². The van der Waals surface area contributed by atoms with Gasteiger partial charge in [-0.25, -0.2) is 22.2 Å². The van der Waals surface area contributed by atoms with Gasteiger partial charge in [-0.2, -0.15) is 4.98 Å². The average Bonchev–Trinajstić information content (AvgIpc) is 3.02. The molecule has 2 aromatic carbocycles. The van der Waals surface area contributed by atoms with Crippen molar-refractivity contribution in [1.82, 2.24) is 14.8 Å². The molecule has 1 N–H and O–H groups in total. The van der Waals surface area contributed by atoms with Crippen molar-refractivity contribution in [2.45, 2.75) is 39.1 Å². The number of rotatable bonds is 5. The van der Waals surface area contributed by atoms with Crippen molar-refractivity contribution >= 4 is 27.6 Å². The van der Waals surface area contributed by atoms with Crippen LogP contribution < -0.4 is 4.72 Å². The van der Waals surface area contributed by atoms with Crippen LogP contribution in [0.15, 0.2) is 35.5 Å². The minimum Gasteiger partial charge on any atom is -0.246 e. The highest BCUT2D eigenvalue weighted by Crippen LogP contribution is 2.27. The minimum absolute atomic E-state index is 0.0452. The Kier molecular flexibility index (Phi) is 5.45. The van der Waals surface area contributed by atoms with Crippen molar-refractivity contribution in [3.05, 3.63) is 69.2 Å². The molecule has 0 saturated carbocycles. The molecule has 0 radical (unpaired) electrons. The molecule has 3 rings (SSSR count). The van der Waals surface area contributed by atoms with Crippen LogP contribution in [0.2, 0.25) is 5.02 Å². The molecular weight excluding hydrogens is 403 g/mol. The van der Waals surface area contributed by atoms with E-state index in [2.05, 4.69) is 14.8 Å². The van der Waals surface area contributed by atoms with Gasteiger partial charge in [-0.05, 0) is 67.6 Å². The highest BCUT2D eigenvalue weighted by molar-refractivity contribution is 7.92. The van der Waals surface area contributed by atoms with Crippen LogP contribution in [0.3, 0.4) is 0 Å². The first-order valence-electron chi connectivity index (χ1n) is 8.52. The normalized spacial score (nSPS) is 11.6. The summed E-state index contributed by atoms with van der Waals surface area (Å²) in [6.45, 7) is 7.54. The van der Waals surface area contributed by atoms with Gasteiger partial charge in [0, 0.05) is 5.02 Å². The van der Waals surface area contributed by atoms with E-state index < -0.39 is 15.8 Å². The number of nitrogens with zero attached hydrogens (tertiary/aromatic N) is 3. The minimum atomic E-state index is -3.86. The smallest absolute Gasteiger partial charge is 0.246 e. The third-order valence-corrected chi connectivity index (χ3v) is 6.63. The zero-order chi connectivity index (χ0) is 20.6. The zero-order valence-corrected chi connectivity index (χ0v) is 17.5. The van der Waals surface area contributed by atoms with E-state index in [9.17, 15) is 12.8 Å². The average molecular weight is 423 g/mol. The fraction of sp³-hybridized carbons (Fsp3) is 0.263. The maximum Gasteiger partial charge on any atom is 0.264 e. The number of anilines is 1. The number of hydrogen-bond acceptors (Lipinski definition) is 4. The van der Waals surface area contributed by atoms with Gasteiger partial charge in [0.05, 0.1) is 11.4 Å². The molecule has 0 aliphatic heterocycles. The molecule has 0 saturated heterocycles. The first-order valence-corrected chi connectivity index (χ1v) is 10.4. The van der Waals surface area contributed by atoms with Gasteiger partial charge in [-0.15, -0.1) is 5.10 Å². The summed E-state index contributed by atoms with van der Waals surface area (Å²) in [5.41, 5.74) is 3.81. The predicted octanol–water partition coefficient (Wildman–Crippen LogP) is 4.15. The lowest BCUT2D eigenvalue weighted by molar-refractivity contribution is 0.599. The Hall–Kier alpha value is -2.45. The molecule has 0 spiro atoms. The van der Waals surface area contributed by atoms with Crippen LogP contribution in [0.25, 0.3) is 0 Å². The molecule has 3 aromatic rings. The number of aryl methyl sites for hydroxylation is 2. The molecule has 0 aliphatic rings. The van der Waals surface area contributed by atoms with E-state index in [1.165, 1.54) is 23.1 Å². The van der Waals surface area contributed by atoms with E-state index >= 15 is 0 Å². The summed E-state index contributed by atoms with van der Waals surface area (Å²) >= 11 is 6.02. The Morgan fingerprint density at radius 3 is 2.36 bits per heavy atom. The number of nitrogens with one attached hydrogen (secondary N) is 1. The van der Waals surface area contributed by atoms with E-state index in [1.54, 1.807) is 19.9 Å². The first kappa shape index (κ1) is 20.3. The van der Waals surface area contributed by atoms with Gasteiger partial charge in [0.25, 0.3) is 16.0 Å². The molecule has 0 unspecified atom stereocenters. The fourth-order valence-electron chi connectivity index (χ4n) is 3.00. The van der Waals surface area contributed by atoms with Gasteiger partial charge < -0.3 is 0 Å². The van der Waals surface area contributed by atoms with Gasteiger partial charge in [0.15, 0.2) is 0 Å². The molecule has 0 fully saturated rings. The highest BCUT2D eigenvalue weighted by atomic mass is 35.5. The maximum atomic E-state index is 13.2. The van der Waals surface area contributed by atoms with Gasteiger partial charge in [-0.3, -0.25) is 0 Å². The maximum absolute atomic E-state index is 13.2. The summed E-state index contributed by atoms with van der Waals surface area (Å²) in [7, 11) is -3.86. The second kappa shape index (κ2) is 7.52. The summed E-state index contributed by atoms with van der Waals surface area (Å²) in [5, 5.41) is 4.41. The van der Waals surface area contributed by atoms with Crippen LogP contribution in [0.5, 0.6) is 0 Å². The second-order valence-electron chi connectivity index (χ2n) is 6.70. The molecule has 148 valence electrons. The van der Waals surface area contributed by atoms with Crippen LogP contribution in [-0.4, -0.2) is 23.2 Å². The summed E-state index contributed by atoms with van der Waals surface area (Å²) < 4.78 is 42.9.